The number of hydrogen-bond acceptors (Lipinski definition) is 4. The van der Waals surface area contributed by atoms with Crippen LogP contribution in [0.2, 0.25) is 0 Å². The highest BCUT2D eigenvalue weighted by molar-refractivity contribution is 7.91. The highest BCUT2D eigenvalue weighted by Gasteiger charge is 2.27. The van der Waals surface area contributed by atoms with E-state index >= 15 is 0 Å². The van der Waals surface area contributed by atoms with Gasteiger partial charge in [0, 0.05) is 6.54 Å². The second kappa shape index (κ2) is 6.91. The van der Waals surface area contributed by atoms with Gasteiger partial charge in [-0.2, -0.15) is 0 Å². The van der Waals surface area contributed by atoms with Crippen LogP contribution in [-0.4, -0.2) is 37.7 Å². The van der Waals surface area contributed by atoms with E-state index in [2.05, 4.69) is 5.32 Å². The van der Waals surface area contributed by atoms with E-state index in [0.717, 1.165) is 0 Å². The molecular weight excluding hydrogens is 306 g/mol. The molecule has 0 fully saturated rings. The quantitative estimate of drug-likeness (QED) is 0.785. The Morgan fingerprint density at radius 3 is 2.45 bits per heavy atom. The Morgan fingerprint density at radius 1 is 1.27 bits per heavy atom. The molecule has 1 amide bonds. The Balaban J connectivity index is 2.74. The van der Waals surface area contributed by atoms with Crippen molar-refractivity contribution < 1.29 is 23.1 Å². The van der Waals surface area contributed by atoms with Gasteiger partial charge in [0.25, 0.3) is 0 Å². The minimum atomic E-state index is -3.31. The van der Waals surface area contributed by atoms with Gasteiger partial charge in [0.1, 0.15) is 0 Å². The molecule has 22 heavy (non-hydrogen) atoms. The Kier molecular flexibility index (Phi) is 5.71. The molecule has 7 heteroatoms. The zero-order valence-corrected chi connectivity index (χ0v) is 13.7. The zero-order valence-electron chi connectivity index (χ0n) is 12.9. The minimum absolute atomic E-state index is 0.00275. The summed E-state index contributed by atoms with van der Waals surface area (Å²) in [4.78, 5) is 23.0. The number of carboxylic acids is 1. The van der Waals surface area contributed by atoms with Gasteiger partial charge in [0.05, 0.1) is 22.5 Å². The second-order valence-corrected chi connectivity index (χ2v) is 7.97. The Morgan fingerprint density at radius 2 is 1.91 bits per heavy atom. The number of nitrogens with one attached hydrogen (secondary N) is 1. The number of amides is 1. The van der Waals surface area contributed by atoms with Crippen LogP contribution < -0.4 is 5.32 Å². The molecule has 0 unspecified atom stereocenters. The lowest BCUT2D eigenvalue weighted by Crippen LogP contribution is -2.39. The van der Waals surface area contributed by atoms with Crippen molar-refractivity contribution in [3.63, 3.8) is 0 Å². The van der Waals surface area contributed by atoms with E-state index in [1.807, 2.05) is 0 Å². The molecule has 0 radical (unpaired) electrons. The van der Waals surface area contributed by atoms with Crippen molar-refractivity contribution >= 4 is 21.7 Å². The summed E-state index contributed by atoms with van der Waals surface area (Å²) in [6.07, 6.45) is 0.00275. The van der Waals surface area contributed by atoms with Crippen LogP contribution in [0.1, 0.15) is 26.3 Å². The summed E-state index contributed by atoms with van der Waals surface area (Å²) < 4.78 is 23.6. The Hall–Kier alpha value is -1.89. The number of carbonyl (C=O) groups is 2. The summed E-state index contributed by atoms with van der Waals surface area (Å²) >= 11 is 0. The summed E-state index contributed by atoms with van der Waals surface area (Å²) in [5.41, 5.74) is -0.483. The third-order valence-corrected chi connectivity index (χ3v) is 5.04. The molecule has 0 bridgehead atoms. The van der Waals surface area contributed by atoms with Crippen LogP contribution in [0.25, 0.3) is 0 Å². The molecular formula is C15H21NO5S. The predicted molar refractivity (Wildman–Crippen MR) is 82.3 cm³/mol. The number of aliphatic carboxylic acids is 1. The molecule has 0 aliphatic heterocycles. The fraction of sp³-hybridized carbons (Fsp3) is 0.467. The predicted octanol–water partition coefficient (Wildman–Crippen LogP) is 1.25. The lowest BCUT2D eigenvalue weighted by molar-refractivity contribution is -0.146. The fourth-order valence-electron chi connectivity index (χ4n) is 1.66. The zero-order chi connectivity index (χ0) is 17.0. The van der Waals surface area contributed by atoms with E-state index in [0.29, 0.717) is 5.56 Å². The van der Waals surface area contributed by atoms with Crippen LogP contribution >= 0.6 is 0 Å². The number of carboxylic acid groups (broad SMARTS) is 1. The molecule has 122 valence electrons. The van der Waals surface area contributed by atoms with E-state index in [1.165, 1.54) is 26.0 Å². The molecule has 0 saturated heterocycles. The van der Waals surface area contributed by atoms with E-state index in [1.54, 1.807) is 19.1 Å². The number of hydrogen-bond donors (Lipinski definition) is 2. The average Bonchev–Trinajstić information content (AvgIpc) is 2.45. The van der Waals surface area contributed by atoms with Crippen LogP contribution in [0.3, 0.4) is 0 Å². The maximum Gasteiger partial charge on any atom is 0.310 e. The minimum Gasteiger partial charge on any atom is -0.481 e. The monoisotopic (exact) mass is 327 g/mol. The van der Waals surface area contributed by atoms with E-state index in [-0.39, 0.29) is 29.5 Å². The van der Waals surface area contributed by atoms with Crippen LogP contribution in [0.4, 0.5) is 0 Å². The second-order valence-electron chi connectivity index (χ2n) is 5.69. The number of rotatable bonds is 7. The molecule has 1 aromatic rings. The van der Waals surface area contributed by atoms with Gasteiger partial charge >= 0.3 is 5.97 Å². The van der Waals surface area contributed by atoms with Gasteiger partial charge in [-0.05, 0) is 31.5 Å². The molecule has 0 atom stereocenters. The van der Waals surface area contributed by atoms with E-state index < -0.39 is 21.2 Å². The van der Waals surface area contributed by atoms with Crippen LogP contribution in [0, 0.1) is 5.41 Å². The molecule has 1 aromatic carbocycles. The standard InChI is InChI=1S/C15H21NO5S/c1-4-22(20,21)12-7-5-6-11(8-12)9-13(17)16-10-15(2,3)14(18)19/h5-8H,4,9-10H2,1-3H3,(H,16,17)(H,18,19). The molecule has 0 saturated carbocycles. The fourth-order valence-corrected chi connectivity index (χ4v) is 2.61. The van der Waals surface area contributed by atoms with Crippen molar-refractivity contribution in [1.29, 1.82) is 0 Å². The smallest absolute Gasteiger partial charge is 0.310 e. The van der Waals surface area contributed by atoms with Gasteiger partial charge in [0.2, 0.25) is 5.91 Å². The van der Waals surface area contributed by atoms with Crippen molar-refractivity contribution in [2.24, 2.45) is 5.41 Å². The molecule has 0 aliphatic carbocycles. The van der Waals surface area contributed by atoms with Crippen molar-refractivity contribution in [3.05, 3.63) is 29.8 Å². The maximum absolute atomic E-state index is 11.9. The molecule has 6 nitrogen and oxygen atoms in total. The third kappa shape index (κ3) is 4.84. The molecule has 0 spiro atoms. The molecule has 1 rings (SSSR count). The van der Waals surface area contributed by atoms with Gasteiger partial charge in [0.15, 0.2) is 9.84 Å². The normalized spacial score (nSPS) is 12.0. The van der Waals surface area contributed by atoms with E-state index in [4.69, 9.17) is 5.11 Å². The first-order chi connectivity index (χ1) is 10.1. The van der Waals surface area contributed by atoms with Crippen molar-refractivity contribution in [3.8, 4) is 0 Å². The average molecular weight is 327 g/mol. The first kappa shape index (κ1) is 18.2. The maximum atomic E-state index is 11.9. The van der Waals surface area contributed by atoms with Gasteiger partial charge in [-0.1, -0.05) is 19.1 Å². The number of benzene rings is 1. The summed E-state index contributed by atoms with van der Waals surface area (Å²) in [6, 6.07) is 6.22. The van der Waals surface area contributed by atoms with Crippen molar-refractivity contribution in [2.75, 3.05) is 12.3 Å². The molecule has 0 heterocycles. The SMILES string of the molecule is CCS(=O)(=O)c1cccc(CC(=O)NCC(C)(C)C(=O)O)c1. The van der Waals surface area contributed by atoms with Gasteiger partial charge < -0.3 is 10.4 Å². The number of sulfone groups is 1. The summed E-state index contributed by atoms with van der Waals surface area (Å²) in [6.45, 7) is 4.60. The highest BCUT2D eigenvalue weighted by atomic mass is 32.2. The molecule has 0 aliphatic rings. The van der Waals surface area contributed by atoms with Crippen molar-refractivity contribution in [2.45, 2.75) is 32.1 Å². The van der Waals surface area contributed by atoms with Crippen LogP contribution in [-0.2, 0) is 25.8 Å². The van der Waals surface area contributed by atoms with Crippen molar-refractivity contribution in [1.82, 2.24) is 5.32 Å². The van der Waals surface area contributed by atoms with Gasteiger partial charge in [-0.25, -0.2) is 8.42 Å². The molecule has 0 aromatic heterocycles. The lowest BCUT2D eigenvalue weighted by atomic mass is 9.94. The summed E-state index contributed by atoms with van der Waals surface area (Å²) in [7, 11) is -3.31. The summed E-state index contributed by atoms with van der Waals surface area (Å²) in [5, 5.41) is 11.5. The summed E-state index contributed by atoms with van der Waals surface area (Å²) in [5.74, 6) is -1.35. The van der Waals surface area contributed by atoms with Gasteiger partial charge in [-0.3, -0.25) is 9.59 Å². The van der Waals surface area contributed by atoms with Crippen LogP contribution in [0.15, 0.2) is 29.2 Å². The third-order valence-electron chi connectivity index (χ3n) is 3.31. The topological polar surface area (TPSA) is 101 Å². The lowest BCUT2D eigenvalue weighted by Gasteiger charge is -2.19. The van der Waals surface area contributed by atoms with Gasteiger partial charge in [-0.15, -0.1) is 0 Å². The molecule has 2 N–H and O–H groups in total. The largest absolute Gasteiger partial charge is 0.481 e. The number of carbonyl (C=O) groups excluding carboxylic acids is 1. The first-order valence-electron chi connectivity index (χ1n) is 6.90. The Bertz CT molecular complexity index is 664. The van der Waals surface area contributed by atoms with Crippen LogP contribution in [0.5, 0.6) is 0 Å². The van der Waals surface area contributed by atoms with E-state index in [9.17, 15) is 18.0 Å². The highest BCUT2D eigenvalue weighted by Crippen LogP contribution is 2.15. The Labute approximate surface area is 130 Å². The first-order valence-corrected chi connectivity index (χ1v) is 8.55.